The summed E-state index contributed by atoms with van der Waals surface area (Å²) in [5, 5.41) is 0. The van der Waals surface area contributed by atoms with Gasteiger partial charge >= 0.3 is 0 Å². The Labute approximate surface area is 52.8 Å². The minimum absolute atomic E-state index is 0.289. The average molecular weight is 143 g/mol. The molecule has 0 rings (SSSR count). The lowest BCUT2D eigenvalue weighted by Crippen LogP contribution is -2.38. The van der Waals surface area contributed by atoms with Gasteiger partial charge in [-0.15, -0.1) is 23.2 Å². The molecule has 4 heteroatoms. The van der Waals surface area contributed by atoms with Crippen LogP contribution in [0.15, 0.2) is 0 Å². The van der Waals surface area contributed by atoms with Crippen LogP contribution in [0.3, 0.4) is 0 Å². The lowest BCUT2D eigenvalue weighted by molar-refractivity contribution is 0.707. The van der Waals surface area contributed by atoms with E-state index in [2.05, 4.69) is 0 Å². The van der Waals surface area contributed by atoms with Crippen molar-refractivity contribution < 1.29 is 0 Å². The topological polar surface area (TPSA) is 52.0 Å². The minimum Gasteiger partial charge on any atom is -0.324 e. The van der Waals surface area contributed by atoms with Gasteiger partial charge in [-0.2, -0.15) is 0 Å². The maximum absolute atomic E-state index is 5.30. The van der Waals surface area contributed by atoms with Crippen molar-refractivity contribution in [1.29, 1.82) is 0 Å². The van der Waals surface area contributed by atoms with Crippen molar-refractivity contribution >= 4 is 23.2 Å². The molecule has 7 heavy (non-hydrogen) atoms. The SMILES string of the molecule is NC(Cl)C(N)CCl. The van der Waals surface area contributed by atoms with Crippen LogP contribution in [-0.2, 0) is 0 Å². The van der Waals surface area contributed by atoms with Gasteiger partial charge in [-0.3, -0.25) is 0 Å². The molecule has 0 aromatic carbocycles. The van der Waals surface area contributed by atoms with Gasteiger partial charge in [0.15, 0.2) is 0 Å². The summed E-state index contributed by atoms with van der Waals surface area (Å²) >= 11 is 10.6. The molecule has 0 aromatic rings. The third-order valence-electron chi connectivity index (χ3n) is 0.587. The first-order valence-corrected chi connectivity index (χ1v) is 2.86. The zero-order chi connectivity index (χ0) is 5.86. The molecule has 0 aromatic heterocycles. The van der Waals surface area contributed by atoms with Gasteiger partial charge < -0.3 is 11.5 Å². The van der Waals surface area contributed by atoms with E-state index >= 15 is 0 Å². The van der Waals surface area contributed by atoms with Gasteiger partial charge in [0.2, 0.25) is 0 Å². The van der Waals surface area contributed by atoms with Crippen LogP contribution in [0.5, 0.6) is 0 Å². The van der Waals surface area contributed by atoms with Crippen molar-refractivity contribution in [2.24, 2.45) is 11.5 Å². The summed E-state index contributed by atoms with van der Waals surface area (Å²) in [6.07, 6.45) is 0. The number of rotatable bonds is 2. The van der Waals surface area contributed by atoms with Crippen LogP contribution < -0.4 is 11.5 Å². The second-order valence-electron chi connectivity index (χ2n) is 1.26. The fourth-order valence-corrected chi connectivity index (χ4v) is 0.457. The fourth-order valence-electron chi connectivity index (χ4n) is 0.0851. The molecular weight excluding hydrogens is 135 g/mol. The van der Waals surface area contributed by atoms with Gasteiger partial charge in [-0.1, -0.05) is 0 Å². The standard InChI is InChI=1S/C3H8Cl2N2/c4-1-2(6)3(5)7/h2-3H,1,6-7H2. The van der Waals surface area contributed by atoms with Crippen LogP contribution in [0.1, 0.15) is 0 Å². The van der Waals surface area contributed by atoms with Gasteiger partial charge in [-0.05, 0) is 0 Å². The molecule has 0 radical (unpaired) electrons. The lowest BCUT2D eigenvalue weighted by atomic mass is 10.4. The Morgan fingerprint density at radius 3 is 1.86 bits per heavy atom. The summed E-state index contributed by atoms with van der Waals surface area (Å²) in [7, 11) is 0. The van der Waals surface area contributed by atoms with E-state index < -0.39 is 5.50 Å². The van der Waals surface area contributed by atoms with Crippen LogP contribution in [0, 0.1) is 0 Å². The Hall–Kier alpha value is 0.500. The molecule has 0 spiro atoms. The van der Waals surface area contributed by atoms with Gasteiger partial charge in [0.25, 0.3) is 0 Å². The van der Waals surface area contributed by atoms with E-state index in [1.54, 1.807) is 0 Å². The Morgan fingerprint density at radius 1 is 1.43 bits per heavy atom. The van der Waals surface area contributed by atoms with E-state index in [4.69, 9.17) is 34.7 Å². The summed E-state index contributed by atoms with van der Waals surface area (Å²) < 4.78 is 0. The second-order valence-corrected chi connectivity index (χ2v) is 2.08. The average Bonchev–Trinajstić information content (AvgIpc) is 1.65. The number of nitrogens with two attached hydrogens (primary N) is 2. The largest absolute Gasteiger partial charge is 0.324 e. The molecule has 2 nitrogen and oxygen atoms in total. The zero-order valence-corrected chi connectivity index (χ0v) is 5.28. The van der Waals surface area contributed by atoms with Gasteiger partial charge in [0.1, 0.15) is 0 Å². The highest BCUT2D eigenvalue weighted by Gasteiger charge is 2.05. The number of halogens is 2. The first-order chi connectivity index (χ1) is 3.18. The fraction of sp³-hybridized carbons (Fsp3) is 1.00. The van der Waals surface area contributed by atoms with Crippen LogP contribution in [0.4, 0.5) is 0 Å². The molecule has 2 unspecified atom stereocenters. The monoisotopic (exact) mass is 142 g/mol. The molecule has 44 valence electrons. The zero-order valence-electron chi connectivity index (χ0n) is 3.77. The third kappa shape index (κ3) is 3.12. The van der Waals surface area contributed by atoms with Crippen LogP contribution in [-0.4, -0.2) is 17.4 Å². The first-order valence-electron chi connectivity index (χ1n) is 1.89. The molecular formula is C3H8Cl2N2. The minimum atomic E-state index is -0.516. The Balaban J connectivity index is 3.14. The van der Waals surface area contributed by atoms with E-state index in [0.29, 0.717) is 5.88 Å². The van der Waals surface area contributed by atoms with Crippen LogP contribution >= 0.6 is 23.2 Å². The van der Waals surface area contributed by atoms with Gasteiger partial charge in [-0.25, -0.2) is 0 Å². The van der Waals surface area contributed by atoms with Crippen LogP contribution in [0.25, 0.3) is 0 Å². The van der Waals surface area contributed by atoms with Crippen LogP contribution in [0.2, 0.25) is 0 Å². The molecule has 0 aliphatic carbocycles. The Kier molecular flexibility index (Phi) is 3.75. The summed E-state index contributed by atoms with van der Waals surface area (Å²) in [5.74, 6) is 0.310. The smallest absolute Gasteiger partial charge is 0.0965 e. The lowest BCUT2D eigenvalue weighted by Gasteiger charge is -2.07. The van der Waals surface area contributed by atoms with E-state index in [1.165, 1.54) is 0 Å². The van der Waals surface area contributed by atoms with Crippen molar-refractivity contribution in [1.82, 2.24) is 0 Å². The van der Waals surface area contributed by atoms with Gasteiger partial charge in [0, 0.05) is 11.9 Å². The van der Waals surface area contributed by atoms with Crippen molar-refractivity contribution in [3.8, 4) is 0 Å². The van der Waals surface area contributed by atoms with Crippen molar-refractivity contribution in [2.45, 2.75) is 11.5 Å². The van der Waals surface area contributed by atoms with Crippen molar-refractivity contribution in [3.63, 3.8) is 0 Å². The predicted octanol–water partition coefficient (Wildman–Crippen LogP) is 0.0761. The first kappa shape index (κ1) is 7.50. The second kappa shape index (κ2) is 3.50. The summed E-state index contributed by atoms with van der Waals surface area (Å²) in [4.78, 5) is 0. The quantitative estimate of drug-likeness (QED) is 0.424. The highest BCUT2D eigenvalue weighted by molar-refractivity contribution is 6.22. The maximum atomic E-state index is 5.30. The molecule has 0 amide bonds. The highest BCUT2D eigenvalue weighted by atomic mass is 35.5. The molecule has 0 bridgehead atoms. The maximum Gasteiger partial charge on any atom is 0.0965 e. The molecule has 0 saturated carbocycles. The molecule has 4 N–H and O–H groups in total. The van der Waals surface area contributed by atoms with Gasteiger partial charge in [0.05, 0.1) is 5.50 Å². The molecule has 2 atom stereocenters. The molecule has 0 aliphatic rings. The highest BCUT2D eigenvalue weighted by Crippen LogP contribution is 1.92. The van der Waals surface area contributed by atoms with E-state index in [-0.39, 0.29) is 6.04 Å². The number of hydrogen-bond donors (Lipinski definition) is 2. The Morgan fingerprint density at radius 2 is 1.86 bits per heavy atom. The molecule has 0 aliphatic heterocycles. The third-order valence-corrected chi connectivity index (χ3v) is 1.27. The molecule has 0 saturated heterocycles. The summed E-state index contributed by atoms with van der Waals surface area (Å²) in [6, 6.07) is -0.289. The van der Waals surface area contributed by atoms with Crippen molar-refractivity contribution in [2.75, 3.05) is 5.88 Å². The normalized spacial score (nSPS) is 18.9. The summed E-state index contributed by atoms with van der Waals surface area (Å²) in [6.45, 7) is 0. The van der Waals surface area contributed by atoms with E-state index in [1.807, 2.05) is 0 Å². The van der Waals surface area contributed by atoms with Crippen molar-refractivity contribution in [3.05, 3.63) is 0 Å². The van der Waals surface area contributed by atoms with E-state index in [9.17, 15) is 0 Å². The number of alkyl halides is 2. The van der Waals surface area contributed by atoms with E-state index in [0.717, 1.165) is 0 Å². The predicted molar refractivity (Wildman–Crippen MR) is 32.5 cm³/mol. The summed E-state index contributed by atoms with van der Waals surface area (Å²) in [5.41, 5.74) is 9.81. The number of hydrogen-bond acceptors (Lipinski definition) is 2. The molecule has 0 heterocycles. The molecule has 0 fully saturated rings. The Bertz CT molecular complexity index is 48.2.